The molecule has 0 aliphatic carbocycles. The molecular weight excluding hydrogens is 286 g/mol. The summed E-state index contributed by atoms with van der Waals surface area (Å²) in [5, 5.41) is 11.8. The maximum absolute atomic E-state index is 10.6. The molecule has 4 nitrogen and oxygen atoms in total. The fourth-order valence-electron chi connectivity index (χ4n) is 1.72. The van der Waals surface area contributed by atoms with Crippen LogP contribution in [0, 0.1) is 0 Å². The van der Waals surface area contributed by atoms with E-state index in [1.165, 1.54) is 6.08 Å². The van der Waals surface area contributed by atoms with Gasteiger partial charge in [-0.3, -0.25) is 0 Å². The number of rotatable bonds is 6. The molecule has 0 atom stereocenters. The lowest BCUT2D eigenvalue weighted by atomic mass is 10.2. The summed E-state index contributed by atoms with van der Waals surface area (Å²) in [6, 6.07) is 7.33. The Bertz CT molecular complexity index is 646. The lowest BCUT2D eigenvalue weighted by Crippen LogP contribution is -1.98. The first kappa shape index (κ1) is 15.3. The van der Waals surface area contributed by atoms with Crippen molar-refractivity contribution in [1.82, 2.24) is 4.98 Å². The Balaban J connectivity index is 2.07. The zero-order valence-electron chi connectivity index (χ0n) is 11.9. The highest BCUT2D eigenvalue weighted by Crippen LogP contribution is 2.23. The van der Waals surface area contributed by atoms with Crippen LogP contribution in [0.4, 0.5) is 0 Å². The van der Waals surface area contributed by atoms with Gasteiger partial charge in [-0.2, -0.15) is 0 Å². The summed E-state index contributed by atoms with van der Waals surface area (Å²) in [6.07, 6.45) is 2.63. The molecule has 0 aliphatic heterocycles. The Labute approximate surface area is 127 Å². The monoisotopic (exact) mass is 303 g/mol. The average molecular weight is 303 g/mol. The topological polar surface area (TPSA) is 59.4 Å². The van der Waals surface area contributed by atoms with Crippen LogP contribution in [0.15, 0.2) is 35.7 Å². The van der Waals surface area contributed by atoms with Crippen LogP contribution in [0.3, 0.4) is 0 Å². The van der Waals surface area contributed by atoms with Crippen molar-refractivity contribution in [2.75, 3.05) is 0 Å². The van der Waals surface area contributed by atoms with Crippen molar-refractivity contribution >= 4 is 23.4 Å². The number of carbonyl (C=O) groups is 1. The number of carboxylic acids is 1. The van der Waals surface area contributed by atoms with Gasteiger partial charge in [0, 0.05) is 22.9 Å². The number of para-hydroxylation sites is 1. The van der Waals surface area contributed by atoms with E-state index in [1.807, 2.05) is 29.6 Å². The molecule has 1 N–H and O–H groups in total. The normalized spacial score (nSPS) is 11.2. The second kappa shape index (κ2) is 7.04. The van der Waals surface area contributed by atoms with Crippen molar-refractivity contribution in [3.8, 4) is 5.75 Å². The van der Waals surface area contributed by atoms with E-state index in [-0.39, 0.29) is 0 Å². The van der Waals surface area contributed by atoms with E-state index in [4.69, 9.17) is 9.84 Å². The summed E-state index contributed by atoms with van der Waals surface area (Å²) in [7, 11) is 0. The summed E-state index contributed by atoms with van der Waals surface area (Å²) in [5.41, 5.74) is 1.62. The molecule has 0 spiro atoms. The summed E-state index contributed by atoms with van der Waals surface area (Å²) in [4.78, 5) is 15.1. The molecular formula is C16H17NO3S. The minimum atomic E-state index is -0.981. The number of aliphatic carboxylic acids is 1. The van der Waals surface area contributed by atoms with Gasteiger partial charge in [-0.25, -0.2) is 9.78 Å². The lowest BCUT2D eigenvalue weighted by molar-refractivity contribution is -0.131. The Kier molecular flexibility index (Phi) is 5.11. The molecule has 0 aliphatic rings. The third kappa shape index (κ3) is 4.43. The van der Waals surface area contributed by atoms with Gasteiger partial charge in [0.05, 0.1) is 10.7 Å². The summed E-state index contributed by atoms with van der Waals surface area (Å²) in [5.74, 6) is 0.0783. The molecule has 1 aromatic carbocycles. The molecule has 0 saturated heterocycles. The number of thiazole rings is 1. The maximum Gasteiger partial charge on any atom is 0.328 e. The number of nitrogens with zero attached hydrogens (tertiary/aromatic N) is 1. The van der Waals surface area contributed by atoms with E-state index in [2.05, 4.69) is 18.8 Å². The average Bonchev–Trinajstić information content (AvgIpc) is 2.93. The number of benzene rings is 1. The van der Waals surface area contributed by atoms with Crippen LogP contribution in [0.25, 0.3) is 6.08 Å². The minimum Gasteiger partial charge on any atom is -0.487 e. The zero-order valence-corrected chi connectivity index (χ0v) is 12.8. The largest absolute Gasteiger partial charge is 0.487 e. The number of ether oxygens (including phenoxy) is 1. The van der Waals surface area contributed by atoms with Gasteiger partial charge in [0.15, 0.2) is 0 Å². The van der Waals surface area contributed by atoms with Crippen molar-refractivity contribution in [2.24, 2.45) is 0 Å². The number of carboxylic acid groups (broad SMARTS) is 1. The van der Waals surface area contributed by atoms with Crippen molar-refractivity contribution in [3.05, 3.63) is 52.0 Å². The molecule has 0 radical (unpaired) electrons. The molecule has 21 heavy (non-hydrogen) atoms. The van der Waals surface area contributed by atoms with E-state index in [1.54, 1.807) is 11.3 Å². The quantitative estimate of drug-likeness (QED) is 0.821. The smallest absolute Gasteiger partial charge is 0.328 e. The predicted molar refractivity (Wildman–Crippen MR) is 83.6 cm³/mol. The number of hydrogen-bond donors (Lipinski definition) is 1. The Hall–Kier alpha value is -2.14. The second-order valence-electron chi connectivity index (χ2n) is 4.83. The highest BCUT2D eigenvalue weighted by Gasteiger charge is 2.07. The Morgan fingerprint density at radius 1 is 1.43 bits per heavy atom. The van der Waals surface area contributed by atoms with E-state index >= 15 is 0 Å². The van der Waals surface area contributed by atoms with Gasteiger partial charge in [0.2, 0.25) is 0 Å². The first-order chi connectivity index (χ1) is 10.1. The van der Waals surface area contributed by atoms with E-state index in [9.17, 15) is 4.79 Å². The third-order valence-corrected chi connectivity index (χ3v) is 3.96. The standard InChI is InChI=1S/C16H17NO3S/c1-11(2)16-17-13(10-21-16)9-20-14-6-4-3-5-12(14)7-8-15(18)19/h3-8,10-11H,9H2,1-2H3,(H,18,19). The van der Waals surface area contributed by atoms with Crippen molar-refractivity contribution in [3.63, 3.8) is 0 Å². The number of aromatic nitrogens is 1. The Morgan fingerprint density at radius 3 is 2.86 bits per heavy atom. The molecule has 0 saturated carbocycles. The van der Waals surface area contributed by atoms with Crippen molar-refractivity contribution in [2.45, 2.75) is 26.4 Å². The van der Waals surface area contributed by atoms with Crippen molar-refractivity contribution < 1.29 is 14.6 Å². The molecule has 1 aromatic heterocycles. The molecule has 5 heteroatoms. The zero-order chi connectivity index (χ0) is 15.2. The molecule has 110 valence electrons. The SMILES string of the molecule is CC(C)c1nc(COc2ccccc2C=CC(=O)O)cs1. The van der Waals surface area contributed by atoms with E-state index in [0.717, 1.165) is 22.3 Å². The molecule has 0 unspecified atom stereocenters. The highest BCUT2D eigenvalue weighted by molar-refractivity contribution is 7.09. The van der Waals surface area contributed by atoms with Gasteiger partial charge in [-0.1, -0.05) is 32.0 Å². The van der Waals surface area contributed by atoms with Gasteiger partial charge < -0.3 is 9.84 Å². The summed E-state index contributed by atoms with van der Waals surface area (Å²) >= 11 is 1.63. The fraction of sp³-hybridized carbons (Fsp3) is 0.250. The molecule has 1 heterocycles. The molecule has 2 rings (SSSR count). The lowest BCUT2D eigenvalue weighted by Gasteiger charge is -2.07. The summed E-state index contributed by atoms with van der Waals surface area (Å²) < 4.78 is 5.75. The van der Waals surface area contributed by atoms with Gasteiger partial charge in [-0.15, -0.1) is 11.3 Å². The van der Waals surface area contributed by atoms with Crippen LogP contribution < -0.4 is 4.74 Å². The van der Waals surface area contributed by atoms with Gasteiger partial charge in [0.25, 0.3) is 0 Å². The molecule has 0 amide bonds. The molecule has 0 bridgehead atoms. The van der Waals surface area contributed by atoms with E-state index < -0.39 is 5.97 Å². The first-order valence-corrected chi connectivity index (χ1v) is 7.51. The van der Waals surface area contributed by atoms with E-state index in [0.29, 0.717) is 18.3 Å². The fourth-order valence-corrected chi connectivity index (χ4v) is 2.54. The molecule has 0 fully saturated rings. The van der Waals surface area contributed by atoms with Gasteiger partial charge >= 0.3 is 5.97 Å². The van der Waals surface area contributed by atoms with Crippen LogP contribution in [-0.2, 0) is 11.4 Å². The third-order valence-electron chi connectivity index (χ3n) is 2.76. The van der Waals surface area contributed by atoms with Crippen LogP contribution >= 0.6 is 11.3 Å². The minimum absolute atomic E-state index is 0.376. The van der Waals surface area contributed by atoms with Gasteiger partial charge in [0.1, 0.15) is 12.4 Å². The van der Waals surface area contributed by atoms with Crippen LogP contribution in [0.2, 0.25) is 0 Å². The van der Waals surface area contributed by atoms with Crippen LogP contribution in [0.5, 0.6) is 5.75 Å². The maximum atomic E-state index is 10.6. The van der Waals surface area contributed by atoms with Crippen LogP contribution in [0.1, 0.15) is 36.0 Å². The predicted octanol–water partition coefficient (Wildman–Crippen LogP) is 3.94. The summed E-state index contributed by atoms with van der Waals surface area (Å²) in [6.45, 7) is 4.59. The van der Waals surface area contributed by atoms with Gasteiger partial charge in [-0.05, 0) is 12.1 Å². The van der Waals surface area contributed by atoms with Crippen LogP contribution in [-0.4, -0.2) is 16.1 Å². The van der Waals surface area contributed by atoms with Crippen molar-refractivity contribution in [1.29, 1.82) is 0 Å². The second-order valence-corrected chi connectivity index (χ2v) is 5.72. The first-order valence-electron chi connectivity index (χ1n) is 6.63. The highest BCUT2D eigenvalue weighted by atomic mass is 32.1. The number of hydrogen-bond acceptors (Lipinski definition) is 4. The molecule has 2 aromatic rings. The Morgan fingerprint density at radius 2 is 2.19 bits per heavy atom.